The van der Waals surface area contributed by atoms with Crippen LogP contribution in [0.1, 0.15) is 10.4 Å². The van der Waals surface area contributed by atoms with E-state index >= 15 is 0 Å². The minimum Gasteiger partial charge on any atom is -0.481 e. The monoisotopic (exact) mass is 391 g/mol. The highest BCUT2D eigenvalue weighted by Crippen LogP contribution is 2.26. The Bertz CT molecular complexity index is 695. The van der Waals surface area contributed by atoms with Crippen molar-refractivity contribution in [3.63, 3.8) is 0 Å². The third kappa shape index (κ3) is 4.48. The Hall–Kier alpha value is -1.52. The van der Waals surface area contributed by atoms with Gasteiger partial charge in [0.2, 0.25) is 5.13 Å². The molecule has 0 unspecified atom stereocenters. The van der Waals surface area contributed by atoms with Gasteiger partial charge >= 0.3 is 5.97 Å². The second kappa shape index (κ2) is 6.96. The number of benzene rings is 1. The second-order valence-electron chi connectivity index (χ2n) is 3.63. The molecule has 0 radical (unpaired) electrons. The third-order valence-corrected chi connectivity index (χ3v) is 4.57. The standard InChI is InChI=1S/C11H7BrFN3O3S2/c12-5-1-2-7(13)6(3-5)9(19)14-10-15-16-11(21-10)20-4-8(17)18/h1-3H,4H2,(H,17,18)(H,14,15,19). The normalized spacial score (nSPS) is 10.4. The summed E-state index contributed by atoms with van der Waals surface area (Å²) in [5.41, 5.74) is -0.126. The fourth-order valence-corrected chi connectivity index (χ4v) is 3.11. The summed E-state index contributed by atoms with van der Waals surface area (Å²) in [7, 11) is 0. The van der Waals surface area contributed by atoms with E-state index in [0.29, 0.717) is 8.81 Å². The molecule has 110 valence electrons. The summed E-state index contributed by atoms with van der Waals surface area (Å²) < 4.78 is 14.5. The van der Waals surface area contributed by atoms with E-state index in [1.54, 1.807) is 0 Å². The molecule has 1 aromatic carbocycles. The molecule has 0 bridgehead atoms. The molecule has 10 heteroatoms. The molecule has 2 aromatic rings. The summed E-state index contributed by atoms with van der Waals surface area (Å²) >= 11 is 5.17. The molecule has 0 aliphatic carbocycles. The van der Waals surface area contributed by atoms with Crippen LogP contribution in [0.15, 0.2) is 27.0 Å². The van der Waals surface area contributed by atoms with Gasteiger partial charge in [0.15, 0.2) is 4.34 Å². The Balaban J connectivity index is 2.06. The molecule has 0 atom stereocenters. The van der Waals surface area contributed by atoms with E-state index in [1.165, 1.54) is 18.2 Å². The molecule has 0 saturated heterocycles. The number of carboxylic acid groups (broad SMARTS) is 1. The molecular weight excluding hydrogens is 385 g/mol. The molecular formula is C11H7BrFN3O3S2. The quantitative estimate of drug-likeness (QED) is 0.601. The van der Waals surface area contributed by atoms with Crippen LogP contribution in [0.2, 0.25) is 0 Å². The van der Waals surface area contributed by atoms with Crippen LogP contribution in [-0.2, 0) is 4.79 Å². The average Bonchev–Trinajstić information content (AvgIpc) is 2.86. The highest BCUT2D eigenvalue weighted by atomic mass is 79.9. The van der Waals surface area contributed by atoms with Crippen LogP contribution in [-0.4, -0.2) is 32.9 Å². The van der Waals surface area contributed by atoms with Crippen LogP contribution in [0.3, 0.4) is 0 Å². The van der Waals surface area contributed by atoms with Crippen molar-refractivity contribution >= 4 is 56.0 Å². The van der Waals surface area contributed by atoms with Crippen molar-refractivity contribution in [2.24, 2.45) is 0 Å². The Morgan fingerprint density at radius 1 is 1.43 bits per heavy atom. The zero-order valence-electron chi connectivity index (χ0n) is 10.2. The number of rotatable bonds is 5. The minimum atomic E-state index is -0.975. The van der Waals surface area contributed by atoms with Crippen LogP contribution in [0.4, 0.5) is 9.52 Å². The number of halogens is 2. The minimum absolute atomic E-state index is 0.126. The second-order valence-corrected chi connectivity index (χ2v) is 6.75. The van der Waals surface area contributed by atoms with E-state index in [1.807, 2.05) is 0 Å². The predicted octanol–water partition coefficient (Wildman–Crippen LogP) is 2.87. The van der Waals surface area contributed by atoms with E-state index in [-0.39, 0.29) is 16.4 Å². The van der Waals surface area contributed by atoms with Gasteiger partial charge in [-0.1, -0.05) is 39.0 Å². The number of aromatic nitrogens is 2. The molecule has 0 aliphatic rings. The van der Waals surface area contributed by atoms with Gasteiger partial charge in [0, 0.05) is 4.47 Å². The zero-order chi connectivity index (χ0) is 15.4. The molecule has 21 heavy (non-hydrogen) atoms. The highest BCUT2D eigenvalue weighted by Gasteiger charge is 2.15. The molecule has 2 N–H and O–H groups in total. The summed E-state index contributed by atoms with van der Waals surface area (Å²) in [6.07, 6.45) is 0. The average molecular weight is 392 g/mol. The Morgan fingerprint density at radius 3 is 2.90 bits per heavy atom. The maximum Gasteiger partial charge on any atom is 0.313 e. The summed E-state index contributed by atoms with van der Waals surface area (Å²) in [5.74, 6) is -2.43. The fourth-order valence-electron chi connectivity index (χ4n) is 1.28. The molecule has 1 amide bonds. The van der Waals surface area contributed by atoms with E-state index in [0.717, 1.165) is 23.1 Å². The van der Waals surface area contributed by atoms with Crippen molar-refractivity contribution in [3.8, 4) is 0 Å². The molecule has 0 spiro atoms. The number of carboxylic acids is 1. The molecule has 0 saturated carbocycles. The van der Waals surface area contributed by atoms with Crippen LogP contribution in [0.25, 0.3) is 0 Å². The molecule has 1 heterocycles. The third-order valence-electron chi connectivity index (χ3n) is 2.12. The molecule has 6 nitrogen and oxygen atoms in total. The van der Waals surface area contributed by atoms with Crippen LogP contribution >= 0.6 is 39.0 Å². The van der Waals surface area contributed by atoms with Crippen molar-refractivity contribution in [1.29, 1.82) is 0 Å². The van der Waals surface area contributed by atoms with Crippen LogP contribution in [0.5, 0.6) is 0 Å². The van der Waals surface area contributed by atoms with Gasteiger partial charge in [0.25, 0.3) is 5.91 Å². The van der Waals surface area contributed by atoms with Crippen molar-refractivity contribution in [1.82, 2.24) is 10.2 Å². The number of nitrogens with one attached hydrogen (secondary N) is 1. The van der Waals surface area contributed by atoms with Gasteiger partial charge in [0.05, 0.1) is 11.3 Å². The van der Waals surface area contributed by atoms with Gasteiger partial charge in [-0.15, -0.1) is 10.2 Å². The van der Waals surface area contributed by atoms with Gasteiger partial charge in [-0.25, -0.2) is 4.39 Å². The number of aliphatic carboxylic acids is 1. The Labute approximate surface area is 134 Å². The van der Waals surface area contributed by atoms with Gasteiger partial charge in [-0.05, 0) is 18.2 Å². The van der Waals surface area contributed by atoms with Crippen molar-refractivity contribution < 1.29 is 19.1 Å². The van der Waals surface area contributed by atoms with Gasteiger partial charge < -0.3 is 5.11 Å². The van der Waals surface area contributed by atoms with E-state index < -0.39 is 17.7 Å². The number of carbonyl (C=O) groups is 2. The Morgan fingerprint density at radius 2 is 2.19 bits per heavy atom. The van der Waals surface area contributed by atoms with E-state index in [4.69, 9.17) is 5.11 Å². The first-order chi connectivity index (χ1) is 9.95. The highest BCUT2D eigenvalue weighted by molar-refractivity contribution is 9.10. The predicted molar refractivity (Wildman–Crippen MR) is 80.3 cm³/mol. The zero-order valence-corrected chi connectivity index (χ0v) is 13.4. The number of carbonyl (C=O) groups excluding carboxylic acids is 1. The Kier molecular flexibility index (Phi) is 5.26. The first-order valence-electron chi connectivity index (χ1n) is 5.40. The maximum atomic E-state index is 13.6. The maximum absolute atomic E-state index is 13.6. The number of thioether (sulfide) groups is 1. The topological polar surface area (TPSA) is 92.2 Å². The SMILES string of the molecule is O=C(O)CSc1nnc(NC(=O)c2cc(Br)ccc2F)s1. The lowest BCUT2D eigenvalue weighted by molar-refractivity contribution is -0.133. The van der Waals surface area contributed by atoms with Crippen molar-refractivity contribution in [2.45, 2.75) is 4.34 Å². The lowest BCUT2D eigenvalue weighted by Crippen LogP contribution is -2.13. The lowest BCUT2D eigenvalue weighted by Gasteiger charge is -2.03. The first kappa shape index (κ1) is 15.9. The number of hydrogen-bond acceptors (Lipinski definition) is 6. The summed E-state index contributed by atoms with van der Waals surface area (Å²) in [4.78, 5) is 22.4. The van der Waals surface area contributed by atoms with Gasteiger partial charge in [0.1, 0.15) is 5.82 Å². The number of anilines is 1. The van der Waals surface area contributed by atoms with Crippen LogP contribution in [0, 0.1) is 5.82 Å². The largest absolute Gasteiger partial charge is 0.481 e. The van der Waals surface area contributed by atoms with Crippen molar-refractivity contribution in [3.05, 3.63) is 34.1 Å². The van der Waals surface area contributed by atoms with Crippen molar-refractivity contribution in [2.75, 3.05) is 11.1 Å². The summed E-state index contributed by atoms with van der Waals surface area (Å²) in [5, 5.41) is 18.6. The van der Waals surface area contributed by atoms with Gasteiger partial charge in [-0.3, -0.25) is 14.9 Å². The fraction of sp³-hybridized carbons (Fsp3) is 0.0909. The number of hydrogen-bond donors (Lipinski definition) is 2. The smallest absolute Gasteiger partial charge is 0.313 e. The molecule has 1 aromatic heterocycles. The molecule has 0 fully saturated rings. The first-order valence-corrected chi connectivity index (χ1v) is 7.99. The van der Waals surface area contributed by atoms with Gasteiger partial charge in [-0.2, -0.15) is 0 Å². The van der Waals surface area contributed by atoms with E-state index in [9.17, 15) is 14.0 Å². The summed E-state index contributed by atoms with van der Waals surface area (Å²) in [6.45, 7) is 0. The number of nitrogens with zero attached hydrogens (tertiary/aromatic N) is 2. The number of amides is 1. The molecule has 0 aliphatic heterocycles. The van der Waals surface area contributed by atoms with Crippen LogP contribution < -0.4 is 5.32 Å². The summed E-state index contributed by atoms with van der Waals surface area (Å²) in [6, 6.07) is 4.01. The van der Waals surface area contributed by atoms with E-state index in [2.05, 4.69) is 31.4 Å². The lowest BCUT2D eigenvalue weighted by atomic mass is 10.2. The molecule has 2 rings (SSSR count).